The standard InChI is InChI=1S/C44H42NO2PS/c1-43(2,3)49(46)45-40(33-29-27-32(28-30-33)31-17-9-6-10-18-31)36-23-15-24-37-41(36)47-42-38(44(37,4)5)25-16-26-39(42)48(34-19-11-7-12-20-34)35-21-13-8-14-22-35/h6-30,40,45H,1-5H3/t40-,49?/m1/s1. The van der Waals surface area contributed by atoms with E-state index in [2.05, 4.69) is 164 Å². The van der Waals surface area contributed by atoms with Gasteiger partial charge in [0.1, 0.15) is 11.5 Å². The van der Waals surface area contributed by atoms with Crippen LogP contribution >= 0.6 is 7.92 Å². The van der Waals surface area contributed by atoms with E-state index in [-0.39, 0.29) is 11.5 Å². The van der Waals surface area contributed by atoms with E-state index in [1.165, 1.54) is 21.5 Å². The van der Waals surface area contributed by atoms with Gasteiger partial charge in [0.15, 0.2) is 0 Å². The highest BCUT2D eigenvalue weighted by Gasteiger charge is 2.39. The molecule has 0 spiro atoms. The molecule has 0 aromatic heterocycles. The Kier molecular flexibility index (Phi) is 9.15. The van der Waals surface area contributed by atoms with Crippen molar-refractivity contribution in [1.82, 2.24) is 4.72 Å². The van der Waals surface area contributed by atoms with Crippen molar-refractivity contribution >= 4 is 34.8 Å². The molecule has 1 unspecified atom stereocenters. The Morgan fingerprint density at radius 2 is 1.12 bits per heavy atom. The summed E-state index contributed by atoms with van der Waals surface area (Å²) in [4.78, 5) is 0. The summed E-state index contributed by atoms with van der Waals surface area (Å²) < 4.78 is 24.1. The fourth-order valence-corrected chi connectivity index (χ4v) is 9.84. The first kappa shape index (κ1) is 33.2. The monoisotopic (exact) mass is 679 g/mol. The molecule has 1 N–H and O–H groups in total. The molecule has 6 aromatic carbocycles. The summed E-state index contributed by atoms with van der Waals surface area (Å²) in [6.45, 7) is 10.6. The van der Waals surface area contributed by atoms with Crippen molar-refractivity contribution in [3.8, 4) is 22.6 Å². The molecule has 0 aliphatic carbocycles. The molecule has 0 amide bonds. The average Bonchev–Trinajstić information content (AvgIpc) is 3.12. The fraction of sp³-hybridized carbons (Fsp3) is 0.182. The second kappa shape index (κ2) is 13.5. The highest BCUT2D eigenvalue weighted by Crippen LogP contribution is 2.52. The maximum absolute atomic E-state index is 13.8. The van der Waals surface area contributed by atoms with Crippen LogP contribution in [0.4, 0.5) is 0 Å². The van der Waals surface area contributed by atoms with E-state index in [1.807, 2.05) is 26.8 Å². The number of benzene rings is 6. The van der Waals surface area contributed by atoms with Crippen LogP contribution in [0.1, 0.15) is 62.9 Å². The summed E-state index contributed by atoms with van der Waals surface area (Å²) in [5, 5.41) is 3.74. The summed E-state index contributed by atoms with van der Waals surface area (Å²) in [7, 11) is -2.24. The molecule has 2 atom stereocenters. The Morgan fingerprint density at radius 3 is 1.69 bits per heavy atom. The third-order valence-corrected chi connectivity index (χ3v) is 13.3. The van der Waals surface area contributed by atoms with Crippen molar-refractivity contribution < 1.29 is 8.95 Å². The molecule has 1 aliphatic heterocycles. The SMILES string of the molecule is CC1(C)c2cccc([C@H](NS(=O)C(C)(C)C)c3ccc(-c4ccccc4)cc3)c2Oc2c(P(c3ccccc3)c3ccccc3)cccc21. The molecule has 0 radical (unpaired) electrons. The van der Waals surface area contributed by atoms with Gasteiger partial charge < -0.3 is 4.74 Å². The Morgan fingerprint density at radius 1 is 0.612 bits per heavy atom. The highest BCUT2D eigenvalue weighted by atomic mass is 32.2. The molecule has 5 heteroatoms. The van der Waals surface area contributed by atoms with E-state index in [9.17, 15) is 4.21 Å². The van der Waals surface area contributed by atoms with Gasteiger partial charge in [-0.1, -0.05) is 166 Å². The van der Waals surface area contributed by atoms with Crippen molar-refractivity contribution in [1.29, 1.82) is 0 Å². The van der Waals surface area contributed by atoms with Crippen molar-refractivity contribution in [2.75, 3.05) is 0 Å². The lowest BCUT2D eigenvalue weighted by Gasteiger charge is -2.38. The summed E-state index contributed by atoms with van der Waals surface area (Å²) >= 11 is 0. The number of fused-ring (bicyclic) bond motifs is 2. The third-order valence-electron chi connectivity index (χ3n) is 9.30. The smallest absolute Gasteiger partial charge is 0.139 e. The highest BCUT2D eigenvalue weighted by molar-refractivity contribution is 7.84. The summed E-state index contributed by atoms with van der Waals surface area (Å²) in [5.41, 5.74) is 6.25. The van der Waals surface area contributed by atoms with Gasteiger partial charge >= 0.3 is 0 Å². The van der Waals surface area contributed by atoms with Crippen LogP contribution in [0.3, 0.4) is 0 Å². The zero-order chi connectivity index (χ0) is 34.2. The zero-order valence-electron chi connectivity index (χ0n) is 28.7. The van der Waals surface area contributed by atoms with E-state index in [4.69, 9.17) is 4.74 Å². The molecule has 0 fully saturated rings. The molecule has 6 aromatic rings. The van der Waals surface area contributed by atoms with Crippen LogP contribution in [-0.4, -0.2) is 8.96 Å². The van der Waals surface area contributed by atoms with Crippen LogP contribution in [0.15, 0.2) is 152 Å². The predicted octanol–water partition coefficient (Wildman–Crippen LogP) is 9.68. The van der Waals surface area contributed by atoms with Crippen molar-refractivity contribution in [3.05, 3.63) is 174 Å². The topological polar surface area (TPSA) is 38.3 Å². The minimum absolute atomic E-state index is 0.339. The lowest BCUT2D eigenvalue weighted by atomic mass is 9.74. The lowest BCUT2D eigenvalue weighted by Crippen LogP contribution is -2.37. The predicted molar refractivity (Wildman–Crippen MR) is 209 cm³/mol. The molecule has 3 nitrogen and oxygen atoms in total. The van der Waals surface area contributed by atoms with Gasteiger partial charge in [0.05, 0.1) is 21.8 Å². The first-order valence-electron chi connectivity index (χ1n) is 16.8. The molecule has 0 saturated carbocycles. The molecular weight excluding hydrogens is 638 g/mol. The maximum Gasteiger partial charge on any atom is 0.139 e. The van der Waals surface area contributed by atoms with E-state index < -0.39 is 23.7 Å². The van der Waals surface area contributed by atoms with Crippen molar-refractivity contribution in [2.45, 2.75) is 50.8 Å². The van der Waals surface area contributed by atoms with Crippen LogP contribution in [0, 0.1) is 0 Å². The number of para-hydroxylation sites is 2. The molecule has 0 saturated heterocycles. The van der Waals surface area contributed by atoms with Crippen LogP contribution in [0.5, 0.6) is 11.5 Å². The van der Waals surface area contributed by atoms with Gasteiger partial charge in [-0.25, -0.2) is 8.93 Å². The second-order valence-corrected chi connectivity index (χ2v) is 18.2. The van der Waals surface area contributed by atoms with Crippen molar-refractivity contribution in [3.63, 3.8) is 0 Å². The first-order chi connectivity index (χ1) is 23.6. The van der Waals surface area contributed by atoms with E-state index in [0.717, 1.165) is 39.3 Å². The lowest BCUT2D eigenvalue weighted by molar-refractivity contribution is 0.413. The minimum atomic E-state index is -1.34. The van der Waals surface area contributed by atoms with E-state index >= 15 is 0 Å². The molecule has 246 valence electrons. The maximum atomic E-state index is 13.8. The summed E-state index contributed by atoms with van der Waals surface area (Å²) in [6.07, 6.45) is 0. The Balaban J connectivity index is 1.38. The van der Waals surface area contributed by atoms with Crippen LogP contribution in [-0.2, 0) is 16.4 Å². The average molecular weight is 680 g/mol. The zero-order valence-corrected chi connectivity index (χ0v) is 30.4. The Hall–Kier alpha value is -4.34. The number of rotatable bonds is 8. The largest absolute Gasteiger partial charge is 0.456 e. The van der Waals surface area contributed by atoms with Gasteiger partial charge in [-0.15, -0.1) is 0 Å². The van der Waals surface area contributed by atoms with Gasteiger partial charge in [0, 0.05) is 27.4 Å². The first-order valence-corrected chi connectivity index (χ1v) is 19.3. The van der Waals surface area contributed by atoms with Gasteiger partial charge in [-0.05, 0) is 56.0 Å². The third kappa shape index (κ3) is 6.54. The number of hydrogen-bond acceptors (Lipinski definition) is 2. The van der Waals surface area contributed by atoms with Gasteiger partial charge in [0.2, 0.25) is 0 Å². The van der Waals surface area contributed by atoms with E-state index in [1.54, 1.807) is 0 Å². The number of ether oxygens (including phenoxy) is 1. The van der Waals surface area contributed by atoms with Crippen LogP contribution in [0.25, 0.3) is 11.1 Å². The molecule has 1 aliphatic rings. The van der Waals surface area contributed by atoms with Crippen molar-refractivity contribution in [2.24, 2.45) is 0 Å². The second-order valence-electron chi connectivity index (χ2n) is 14.0. The molecule has 1 heterocycles. The molecule has 0 bridgehead atoms. The van der Waals surface area contributed by atoms with Crippen LogP contribution in [0.2, 0.25) is 0 Å². The quantitative estimate of drug-likeness (QED) is 0.163. The number of nitrogens with one attached hydrogen (secondary N) is 1. The Bertz CT molecular complexity index is 2050. The van der Waals surface area contributed by atoms with E-state index in [0.29, 0.717) is 0 Å². The van der Waals surface area contributed by atoms with Gasteiger partial charge in [0.25, 0.3) is 0 Å². The molecular formula is C44H42NO2PS. The van der Waals surface area contributed by atoms with Gasteiger partial charge in [-0.3, -0.25) is 0 Å². The fourth-order valence-electron chi connectivity index (χ4n) is 6.61. The summed E-state index contributed by atoms with van der Waals surface area (Å²) in [6, 6.07) is 53.2. The van der Waals surface area contributed by atoms with Crippen LogP contribution < -0.4 is 25.4 Å². The Labute approximate surface area is 294 Å². The minimum Gasteiger partial charge on any atom is -0.456 e. The summed E-state index contributed by atoms with van der Waals surface area (Å²) in [5.74, 6) is 1.75. The molecule has 49 heavy (non-hydrogen) atoms. The normalized spacial score (nSPS) is 14.7. The number of hydrogen-bond donors (Lipinski definition) is 1. The van der Waals surface area contributed by atoms with Gasteiger partial charge in [-0.2, -0.15) is 0 Å². The molecule has 7 rings (SSSR count).